The minimum Gasteiger partial charge on any atom is -0.493 e. The van der Waals surface area contributed by atoms with Crippen LogP contribution in [0.25, 0.3) is 0 Å². The van der Waals surface area contributed by atoms with Crippen molar-refractivity contribution in [1.82, 2.24) is 0 Å². The molecule has 0 saturated heterocycles. The lowest BCUT2D eigenvalue weighted by Gasteiger charge is -2.15. The van der Waals surface area contributed by atoms with Gasteiger partial charge in [0.1, 0.15) is 6.61 Å². The van der Waals surface area contributed by atoms with E-state index in [1.807, 2.05) is 54.6 Å². The molecule has 0 amide bonds. The van der Waals surface area contributed by atoms with E-state index in [1.54, 1.807) is 7.11 Å². The van der Waals surface area contributed by atoms with E-state index in [2.05, 4.69) is 6.58 Å². The second-order valence-corrected chi connectivity index (χ2v) is 5.16. The second-order valence-electron chi connectivity index (χ2n) is 5.16. The smallest absolute Gasteiger partial charge is 0.161 e. The molecule has 2 rings (SSSR count). The normalized spacial score (nSPS) is 11.7. The highest BCUT2D eigenvalue weighted by Gasteiger charge is 2.10. The molecule has 22 heavy (non-hydrogen) atoms. The Kier molecular flexibility index (Phi) is 6.04. The molecule has 2 N–H and O–H groups in total. The van der Waals surface area contributed by atoms with Gasteiger partial charge in [0, 0.05) is 6.04 Å². The molecule has 0 saturated carbocycles. The third-order valence-corrected chi connectivity index (χ3v) is 3.53. The van der Waals surface area contributed by atoms with Crippen LogP contribution in [0.5, 0.6) is 11.5 Å². The van der Waals surface area contributed by atoms with Gasteiger partial charge in [0.25, 0.3) is 0 Å². The molecule has 3 nitrogen and oxygen atoms in total. The monoisotopic (exact) mass is 297 g/mol. The number of allylic oxidation sites excluding steroid dienone is 1. The van der Waals surface area contributed by atoms with Crippen molar-refractivity contribution < 1.29 is 9.47 Å². The molecule has 0 heterocycles. The van der Waals surface area contributed by atoms with E-state index in [4.69, 9.17) is 15.2 Å². The zero-order valence-corrected chi connectivity index (χ0v) is 13.0. The molecule has 0 unspecified atom stereocenters. The molecule has 0 fully saturated rings. The van der Waals surface area contributed by atoms with Crippen LogP contribution in [0.3, 0.4) is 0 Å². The lowest BCUT2D eigenvalue weighted by molar-refractivity contribution is 0.284. The van der Waals surface area contributed by atoms with Crippen LogP contribution in [0.15, 0.2) is 61.2 Å². The van der Waals surface area contributed by atoms with Crippen LogP contribution < -0.4 is 15.2 Å². The zero-order chi connectivity index (χ0) is 15.8. The SMILES string of the molecule is C=CCC[C@H](N)c1ccc(OCc2ccccc2)c(OC)c1. The summed E-state index contributed by atoms with van der Waals surface area (Å²) in [5.41, 5.74) is 8.34. The van der Waals surface area contributed by atoms with Gasteiger partial charge in [0.05, 0.1) is 7.11 Å². The molecular weight excluding hydrogens is 274 g/mol. The Morgan fingerprint density at radius 3 is 2.59 bits per heavy atom. The fourth-order valence-electron chi connectivity index (χ4n) is 2.23. The Labute approximate surface area is 132 Å². The van der Waals surface area contributed by atoms with E-state index >= 15 is 0 Å². The minimum atomic E-state index is -0.0185. The average Bonchev–Trinajstić information content (AvgIpc) is 2.58. The number of methoxy groups -OCH3 is 1. The molecule has 0 aliphatic heterocycles. The number of ether oxygens (including phenoxy) is 2. The van der Waals surface area contributed by atoms with Crippen molar-refractivity contribution in [2.45, 2.75) is 25.5 Å². The molecule has 2 aromatic rings. The molecule has 0 aliphatic rings. The molecule has 0 spiro atoms. The van der Waals surface area contributed by atoms with E-state index < -0.39 is 0 Å². The second kappa shape index (κ2) is 8.25. The van der Waals surface area contributed by atoms with Crippen molar-refractivity contribution in [3.63, 3.8) is 0 Å². The maximum Gasteiger partial charge on any atom is 0.161 e. The summed E-state index contributed by atoms with van der Waals surface area (Å²) in [7, 11) is 1.64. The maximum atomic E-state index is 6.18. The standard InChI is InChI=1S/C19H23NO2/c1-3-4-10-17(20)16-11-12-18(19(13-16)21-2)22-14-15-8-6-5-7-9-15/h3,5-9,11-13,17H,1,4,10,14,20H2,2H3/t17-/m0/s1. The molecule has 0 aliphatic carbocycles. The van der Waals surface area contributed by atoms with Crippen molar-refractivity contribution in [2.75, 3.05) is 7.11 Å². The highest BCUT2D eigenvalue weighted by molar-refractivity contribution is 5.44. The van der Waals surface area contributed by atoms with Gasteiger partial charge in [-0.05, 0) is 36.1 Å². The number of nitrogens with two attached hydrogens (primary N) is 1. The fraction of sp³-hybridized carbons (Fsp3) is 0.263. The van der Waals surface area contributed by atoms with Gasteiger partial charge in [0.15, 0.2) is 11.5 Å². The van der Waals surface area contributed by atoms with E-state index in [-0.39, 0.29) is 6.04 Å². The van der Waals surface area contributed by atoms with Crippen molar-refractivity contribution in [3.8, 4) is 11.5 Å². The third-order valence-electron chi connectivity index (χ3n) is 3.53. The third kappa shape index (κ3) is 4.37. The molecule has 0 aromatic heterocycles. The average molecular weight is 297 g/mol. The molecule has 1 atom stereocenters. The van der Waals surface area contributed by atoms with E-state index in [0.717, 1.165) is 29.7 Å². The zero-order valence-electron chi connectivity index (χ0n) is 13.0. The summed E-state index contributed by atoms with van der Waals surface area (Å²) < 4.78 is 11.3. The van der Waals surface area contributed by atoms with Crippen LogP contribution in [0.1, 0.15) is 30.0 Å². The van der Waals surface area contributed by atoms with Gasteiger partial charge < -0.3 is 15.2 Å². The van der Waals surface area contributed by atoms with Crippen LogP contribution in [0.2, 0.25) is 0 Å². The van der Waals surface area contributed by atoms with E-state index in [1.165, 1.54) is 0 Å². The van der Waals surface area contributed by atoms with Crippen molar-refractivity contribution in [1.29, 1.82) is 0 Å². The van der Waals surface area contributed by atoms with Gasteiger partial charge in [-0.3, -0.25) is 0 Å². The summed E-state index contributed by atoms with van der Waals surface area (Å²) in [5.74, 6) is 1.44. The lowest BCUT2D eigenvalue weighted by Crippen LogP contribution is -2.10. The summed E-state index contributed by atoms with van der Waals surface area (Å²) in [5, 5.41) is 0. The Morgan fingerprint density at radius 1 is 1.14 bits per heavy atom. The van der Waals surface area contributed by atoms with Gasteiger partial charge in [-0.15, -0.1) is 6.58 Å². The predicted molar refractivity (Wildman–Crippen MR) is 90.1 cm³/mol. The Bertz CT molecular complexity index is 596. The molecular formula is C19H23NO2. The largest absolute Gasteiger partial charge is 0.493 e. The maximum absolute atomic E-state index is 6.18. The van der Waals surface area contributed by atoms with Gasteiger partial charge in [-0.1, -0.05) is 42.5 Å². The summed E-state index contributed by atoms with van der Waals surface area (Å²) in [6.07, 6.45) is 3.65. The van der Waals surface area contributed by atoms with Crippen LogP contribution >= 0.6 is 0 Å². The highest BCUT2D eigenvalue weighted by atomic mass is 16.5. The Morgan fingerprint density at radius 2 is 1.91 bits per heavy atom. The van der Waals surface area contributed by atoms with Crippen LogP contribution in [-0.2, 0) is 6.61 Å². The summed E-state index contributed by atoms with van der Waals surface area (Å²) in [6, 6.07) is 15.9. The first-order valence-electron chi connectivity index (χ1n) is 7.45. The quantitative estimate of drug-likeness (QED) is 0.741. The number of hydrogen-bond donors (Lipinski definition) is 1. The van der Waals surface area contributed by atoms with Gasteiger partial charge in [-0.25, -0.2) is 0 Å². The van der Waals surface area contributed by atoms with Gasteiger partial charge in [-0.2, -0.15) is 0 Å². The first kappa shape index (κ1) is 16.1. The van der Waals surface area contributed by atoms with Crippen molar-refractivity contribution in [2.24, 2.45) is 5.73 Å². The molecule has 0 radical (unpaired) electrons. The van der Waals surface area contributed by atoms with Crippen LogP contribution in [-0.4, -0.2) is 7.11 Å². The predicted octanol–water partition coefficient (Wildman–Crippen LogP) is 4.24. The van der Waals surface area contributed by atoms with Crippen molar-refractivity contribution in [3.05, 3.63) is 72.3 Å². The number of rotatable bonds is 8. The summed E-state index contributed by atoms with van der Waals surface area (Å²) >= 11 is 0. The first-order chi connectivity index (χ1) is 10.7. The number of hydrogen-bond acceptors (Lipinski definition) is 3. The van der Waals surface area contributed by atoms with Gasteiger partial charge in [0.2, 0.25) is 0 Å². The summed E-state index contributed by atoms with van der Waals surface area (Å²) in [6.45, 7) is 4.24. The molecule has 2 aromatic carbocycles. The molecule has 116 valence electrons. The lowest BCUT2D eigenvalue weighted by atomic mass is 10.0. The van der Waals surface area contributed by atoms with Crippen LogP contribution in [0, 0.1) is 0 Å². The summed E-state index contributed by atoms with van der Waals surface area (Å²) in [4.78, 5) is 0. The highest BCUT2D eigenvalue weighted by Crippen LogP contribution is 2.31. The Balaban J connectivity index is 2.07. The topological polar surface area (TPSA) is 44.5 Å². The molecule has 0 bridgehead atoms. The van der Waals surface area contributed by atoms with Gasteiger partial charge >= 0.3 is 0 Å². The number of benzene rings is 2. The Hall–Kier alpha value is -2.26. The fourth-order valence-corrected chi connectivity index (χ4v) is 2.23. The molecule has 3 heteroatoms. The van der Waals surface area contributed by atoms with E-state index in [0.29, 0.717) is 12.4 Å². The van der Waals surface area contributed by atoms with E-state index in [9.17, 15) is 0 Å². The first-order valence-corrected chi connectivity index (χ1v) is 7.45. The van der Waals surface area contributed by atoms with Crippen LogP contribution in [0.4, 0.5) is 0 Å². The van der Waals surface area contributed by atoms with Crippen molar-refractivity contribution >= 4 is 0 Å². The minimum absolute atomic E-state index is 0.0185.